The molecular weight excluding hydrogens is 404 g/mol. The van der Waals surface area contributed by atoms with Crippen molar-refractivity contribution in [2.45, 2.75) is 51.7 Å². The van der Waals surface area contributed by atoms with Gasteiger partial charge in [0.25, 0.3) is 0 Å². The summed E-state index contributed by atoms with van der Waals surface area (Å²) in [5, 5.41) is 3.30. The normalized spacial score (nSPS) is 20.1. The van der Waals surface area contributed by atoms with Gasteiger partial charge in [0.05, 0.1) is 6.04 Å². The number of carbonyl (C=O) groups excluding carboxylic acids is 2. The lowest BCUT2D eigenvalue weighted by molar-refractivity contribution is -0.123. The maximum atomic E-state index is 12.9. The Kier molecular flexibility index (Phi) is 8.54. The highest BCUT2D eigenvalue weighted by Gasteiger charge is 2.28. The van der Waals surface area contributed by atoms with Crippen LogP contribution in [0.2, 0.25) is 0 Å². The number of nitrogens with zero attached hydrogens (tertiary/aromatic N) is 3. The Morgan fingerprint density at radius 3 is 2.25 bits per heavy atom. The number of piperazine rings is 1. The zero-order chi connectivity index (χ0) is 23.1. The number of piperidine rings is 1. The fourth-order valence-electron chi connectivity index (χ4n) is 4.37. The Labute approximate surface area is 193 Å². The highest BCUT2D eigenvalue weighted by molar-refractivity contribution is 5.76. The van der Waals surface area contributed by atoms with Crippen LogP contribution in [0, 0.1) is 5.92 Å². The Balaban J connectivity index is 1.50. The van der Waals surface area contributed by atoms with Gasteiger partial charge in [-0.25, -0.2) is 4.79 Å². The lowest BCUT2D eigenvalue weighted by Gasteiger charge is -2.35. The summed E-state index contributed by atoms with van der Waals surface area (Å²) in [6.07, 6.45) is 1.92. The van der Waals surface area contributed by atoms with Crippen molar-refractivity contribution in [2.75, 3.05) is 52.9 Å². The minimum atomic E-state index is -0.482. The Morgan fingerprint density at radius 2 is 1.66 bits per heavy atom. The molecular formula is C25H40N4O3. The molecule has 7 nitrogen and oxygen atoms in total. The molecule has 0 radical (unpaired) electrons. The third kappa shape index (κ3) is 7.78. The lowest BCUT2D eigenvalue weighted by atomic mass is 9.93. The first-order valence-electron chi connectivity index (χ1n) is 11.9. The third-order valence-corrected chi connectivity index (χ3v) is 6.31. The van der Waals surface area contributed by atoms with Crippen LogP contribution in [0.25, 0.3) is 0 Å². The number of hydrogen-bond acceptors (Lipinski definition) is 5. The van der Waals surface area contributed by atoms with Crippen molar-refractivity contribution in [2.24, 2.45) is 5.92 Å². The van der Waals surface area contributed by atoms with Gasteiger partial charge in [0, 0.05) is 52.2 Å². The number of carbonyl (C=O) groups is 2. The van der Waals surface area contributed by atoms with Gasteiger partial charge in [0.2, 0.25) is 5.91 Å². The summed E-state index contributed by atoms with van der Waals surface area (Å²) in [4.78, 5) is 31.8. The second-order valence-electron chi connectivity index (χ2n) is 10.2. The second kappa shape index (κ2) is 11.1. The summed E-state index contributed by atoms with van der Waals surface area (Å²) < 4.78 is 5.47. The molecule has 32 heavy (non-hydrogen) atoms. The van der Waals surface area contributed by atoms with E-state index in [2.05, 4.69) is 34.3 Å². The highest BCUT2D eigenvalue weighted by atomic mass is 16.6. The molecule has 0 bridgehead atoms. The average Bonchev–Trinajstić information content (AvgIpc) is 2.75. The smallest absolute Gasteiger partial charge is 0.410 e. The molecule has 2 fully saturated rings. The molecule has 2 amide bonds. The molecule has 1 atom stereocenters. The molecule has 1 unspecified atom stereocenters. The molecule has 2 heterocycles. The van der Waals surface area contributed by atoms with E-state index in [1.54, 1.807) is 4.90 Å². The maximum absolute atomic E-state index is 12.9. The van der Waals surface area contributed by atoms with E-state index < -0.39 is 5.60 Å². The van der Waals surface area contributed by atoms with Gasteiger partial charge in [0.15, 0.2) is 0 Å². The SMILES string of the molecule is CN1CCN(CC(NC(=O)CC2CCN(C(=O)OC(C)(C)C)CC2)c2ccccc2)CC1. The number of ether oxygens (including phenoxy) is 1. The minimum Gasteiger partial charge on any atom is -0.444 e. The van der Waals surface area contributed by atoms with Crippen LogP contribution in [-0.4, -0.2) is 85.2 Å². The number of likely N-dealkylation sites (tertiary alicyclic amines) is 1. The Hall–Kier alpha value is -2.12. The predicted octanol–water partition coefficient (Wildman–Crippen LogP) is 3.13. The number of benzene rings is 1. The summed E-state index contributed by atoms with van der Waals surface area (Å²) in [6.45, 7) is 12.0. The van der Waals surface area contributed by atoms with Gasteiger partial charge in [-0.05, 0) is 52.1 Å². The van der Waals surface area contributed by atoms with Crippen LogP contribution in [0.3, 0.4) is 0 Å². The third-order valence-electron chi connectivity index (χ3n) is 6.31. The first-order valence-corrected chi connectivity index (χ1v) is 11.9. The van der Waals surface area contributed by atoms with E-state index in [-0.39, 0.29) is 18.0 Å². The van der Waals surface area contributed by atoms with E-state index in [4.69, 9.17) is 4.74 Å². The topological polar surface area (TPSA) is 65.1 Å². The van der Waals surface area contributed by atoms with E-state index in [0.29, 0.717) is 25.4 Å². The van der Waals surface area contributed by atoms with E-state index >= 15 is 0 Å². The van der Waals surface area contributed by atoms with Crippen LogP contribution in [0.15, 0.2) is 30.3 Å². The zero-order valence-corrected chi connectivity index (χ0v) is 20.2. The number of rotatable bonds is 6. The van der Waals surface area contributed by atoms with Crippen LogP contribution in [-0.2, 0) is 9.53 Å². The van der Waals surface area contributed by atoms with E-state index in [1.165, 1.54) is 0 Å². The van der Waals surface area contributed by atoms with Crippen molar-refractivity contribution in [3.05, 3.63) is 35.9 Å². The molecule has 2 aliphatic heterocycles. The maximum Gasteiger partial charge on any atom is 0.410 e. The standard InChI is InChI=1S/C25H40N4O3/c1-25(2,3)32-24(31)29-12-10-20(11-13-29)18-23(30)26-22(21-8-6-5-7-9-21)19-28-16-14-27(4)15-17-28/h5-9,20,22H,10-19H2,1-4H3,(H,26,30). The predicted molar refractivity (Wildman–Crippen MR) is 126 cm³/mol. The fourth-order valence-corrected chi connectivity index (χ4v) is 4.37. The molecule has 2 aliphatic rings. The van der Waals surface area contributed by atoms with Crippen molar-refractivity contribution < 1.29 is 14.3 Å². The van der Waals surface area contributed by atoms with Crippen LogP contribution >= 0.6 is 0 Å². The van der Waals surface area contributed by atoms with E-state index in [1.807, 2.05) is 39.0 Å². The number of likely N-dealkylation sites (N-methyl/N-ethyl adjacent to an activating group) is 1. The van der Waals surface area contributed by atoms with Gasteiger partial charge >= 0.3 is 6.09 Å². The average molecular weight is 445 g/mol. The first kappa shape index (κ1) is 24.5. The van der Waals surface area contributed by atoms with Crippen molar-refractivity contribution in [3.63, 3.8) is 0 Å². The molecule has 1 aromatic rings. The van der Waals surface area contributed by atoms with E-state index in [0.717, 1.165) is 51.1 Å². The van der Waals surface area contributed by atoms with Crippen LogP contribution in [0.5, 0.6) is 0 Å². The number of hydrogen-bond donors (Lipinski definition) is 1. The molecule has 7 heteroatoms. The lowest BCUT2D eigenvalue weighted by Crippen LogP contribution is -2.48. The first-order chi connectivity index (χ1) is 15.2. The summed E-state index contributed by atoms with van der Waals surface area (Å²) in [5.41, 5.74) is 0.670. The van der Waals surface area contributed by atoms with Crippen LogP contribution < -0.4 is 5.32 Å². The largest absolute Gasteiger partial charge is 0.444 e. The highest BCUT2D eigenvalue weighted by Crippen LogP contribution is 2.23. The van der Waals surface area contributed by atoms with Crippen molar-refractivity contribution in [1.82, 2.24) is 20.0 Å². The minimum absolute atomic E-state index is 0.00559. The molecule has 3 rings (SSSR count). The van der Waals surface area contributed by atoms with Gasteiger partial charge < -0.3 is 19.9 Å². The van der Waals surface area contributed by atoms with Crippen molar-refractivity contribution in [3.8, 4) is 0 Å². The molecule has 1 aromatic carbocycles. The van der Waals surface area contributed by atoms with Gasteiger partial charge in [-0.1, -0.05) is 30.3 Å². The summed E-state index contributed by atoms with van der Waals surface area (Å²) in [5.74, 6) is 0.400. The Morgan fingerprint density at radius 1 is 1.03 bits per heavy atom. The second-order valence-corrected chi connectivity index (χ2v) is 10.2. The molecule has 178 valence electrons. The monoisotopic (exact) mass is 444 g/mol. The van der Waals surface area contributed by atoms with E-state index in [9.17, 15) is 9.59 Å². The Bertz CT molecular complexity index is 733. The number of amides is 2. The molecule has 2 saturated heterocycles. The number of nitrogens with one attached hydrogen (secondary N) is 1. The molecule has 1 N–H and O–H groups in total. The van der Waals surface area contributed by atoms with Gasteiger partial charge in [-0.2, -0.15) is 0 Å². The van der Waals surface area contributed by atoms with Crippen molar-refractivity contribution in [1.29, 1.82) is 0 Å². The molecule has 0 aliphatic carbocycles. The molecule has 0 spiro atoms. The van der Waals surface area contributed by atoms with Crippen molar-refractivity contribution >= 4 is 12.0 Å². The van der Waals surface area contributed by atoms with Crippen LogP contribution in [0.1, 0.15) is 51.6 Å². The summed E-state index contributed by atoms with van der Waals surface area (Å²) in [6, 6.07) is 10.3. The van der Waals surface area contributed by atoms with Gasteiger partial charge in [-0.3, -0.25) is 9.69 Å². The molecule has 0 aromatic heterocycles. The van der Waals surface area contributed by atoms with Gasteiger partial charge in [-0.15, -0.1) is 0 Å². The quantitative estimate of drug-likeness (QED) is 0.730. The van der Waals surface area contributed by atoms with Crippen LogP contribution in [0.4, 0.5) is 4.79 Å². The molecule has 0 saturated carbocycles. The van der Waals surface area contributed by atoms with Gasteiger partial charge in [0.1, 0.15) is 5.60 Å². The fraction of sp³-hybridized carbons (Fsp3) is 0.680. The summed E-state index contributed by atoms with van der Waals surface area (Å²) in [7, 11) is 2.15. The zero-order valence-electron chi connectivity index (χ0n) is 20.2. The summed E-state index contributed by atoms with van der Waals surface area (Å²) >= 11 is 0.